The lowest BCUT2D eigenvalue weighted by atomic mass is 9.71. The number of carbonyl (C=O) groups is 1. The summed E-state index contributed by atoms with van der Waals surface area (Å²) in [4.78, 5) is 13.1. The van der Waals surface area contributed by atoms with Gasteiger partial charge in [-0.2, -0.15) is 0 Å². The van der Waals surface area contributed by atoms with Gasteiger partial charge in [-0.1, -0.05) is 0 Å². The Morgan fingerprint density at radius 1 is 1.12 bits per heavy atom. The number of hydrogen-bond donors (Lipinski definition) is 1. The van der Waals surface area contributed by atoms with Gasteiger partial charge in [0, 0.05) is 18.8 Å². The van der Waals surface area contributed by atoms with E-state index in [9.17, 15) is 4.79 Å². The summed E-state index contributed by atoms with van der Waals surface area (Å²) in [6, 6.07) is 7.23. The van der Waals surface area contributed by atoms with Crippen LogP contribution < -0.4 is 4.90 Å². The molecule has 0 amide bonds. The van der Waals surface area contributed by atoms with Crippen LogP contribution in [0.1, 0.15) is 23.2 Å². The Labute approximate surface area is 94.7 Å². The number of hydrogen-bond acceptors (Lipinski definition) is 2. The number of rotatable bonds is 2. The Morgan fingerprint density at radius 2 is 1.69 bits per heavy atom. The van der Waals surface area contributed by atoms with Gasteiger partial charge in [-0.3, -0.25) is 0 Å². The molecule has 3 heteroatoms. The maximum atomic E-state index is 10.7. The van der Waals surface area contributed by atoms with E-state index < -0.39 is 5.97 Å². The average molecular weight is 217 g/mol. The fourth-order valence-electron chi connectivity index (χ4n) is 2.90. The van der Waals surface area contributed by atoms with Crippen LogP contribution in [-0.4, -0.2) is 24.2 Å². The van der Waals surface area contributed by atoms with E-state index in [4.69, 9.17) is 5.11 Å². The second kappa shape index (κ2) is 3.51. The third-order valence-corrected chi connectivity index (χ3v) is 3.77. The van der Waals surface area contributed by atoms with Crippen molar-refractivity contribution in [3.05, 3.63) is 29.8 Å². The van der Waals surface area contributed by atoms with Gasteiger partial charge in [0.2, 0.25) is 0 Å². The van der Waals surface area contributed by atoms with Crippen molar-refractivity contribution in [2.75, 3.05) is 18.0 Å². The summed E-state index contributed by atoms with van der Waals surface area (Å²) in [7, 11) is 0. The number of piperidine rings is 2. The molecule has 1 saturated carbocycles. The molecule has 1 aliphatic carbocycles. The fraction of sp³-hybridized carbons (Fsp3) is 0.462. The van der Waals surface area contributed by atoms with Crippen molar-refractivity contribution < 1.29 is 9.90 Å². The lowest BCUT2D eigenvalue weighted by molar-refractivity contribution is 0.0697. The minimum absolute atomic E-state index is 0.367. The summed E-state index contributed by atoms with van der Waals surface area (Å²) in [5.41, 5.74) is 1.53. The molecule has 1 aromatic rings. The summed E-state index contributed by atoms with van der Waals surface area (Å²) >= 11 is 0. The molecule has 0 aromatic heterocycles. The van der Waals surface area contributed by atoms with E-state index in [1.807, 2.05) is 12.1 Å². The highest BCUT2D eigenvalue weighted by Crippen LogP contribution is 2.40. The first-order chi connectivity index (χ1) is 7.72. The molecule has 1 aromatic carbocycles. The summed E-state index contributed by atoms with van der Waals surface area (Å²) in [6.07, 6.45) is 2.79. The Hall–Kier alpha value is -1.51. The standard InChI is InChI=1S/C13H15NO2/c15-13(16)11-1-3-12(4-2-11)14-7-9-5-10(6-9)8-14/h1-4,9-10H,5-8H2,(H,15,16). The molecule has 1 N–H and O–H groups in total. The summed E-state index contributed by atoms with van der Waals surface area (Å²) < 4.78 is 0. The van der Waals surface area contributed by atoms with E-state index in [0.717, 1.165) is 24.9 Å². The van der Waals surface area contributed by atoms with Crippen molar-refractivity contribution in [2.45, 2.75) is 12.8 Å². The molecule has 3 fully saturated rings. The quantitative estimate of drug-likeness (QED) is 0.825. The van der Waals surface area contributed by atoms with Crippen LogP contribution in [0.4, 0.5) is 5.69 Å². The minimum atomic E-state index is -0.854. The van der Waals surface area contributed by atoms with Crippen molar-refractivity contribution in [2.24, 2.45) is 11.8 Å². The molecule has 4 rings (SSSR count). The van der Waals surface area contributed by atoms with Crippen molar-refractivity contribution in [1.29, 1.82) is 0 Å². The summed E-state index contributed by atoms with van der Waals surface area (Å²) in [6.45, 7) is 2.28. The van der Waals surface area contributed by atoms with Gasteiger partial charge in [0.05, 0.1) is 5.56 Å². The maximum Gasteiger partial charge on any atom is 0.335 e. The van der Waals surface area contributed by atoms with Crippen LogP contribution in [0.3, 0.4) is 0 Å². The smallest absolute Gasteiger partial charge is 0.335 e. The fourth-order valence-corrected chi connectivity index (χ4v) is 2.90. The Balaban J connectivity index is 1.77. The maximum absolute atomic E-state index is 10.7. The summed E-state index contributed by atoms with van der Waals surface area (Å²) in [5.74, 6) is 0.892. The molecule has 3 nitrogen and oxygen atoms in total. The topological polar surface area (TPSA) is 40.5 Å². The van der Waals surface area contributed by atoms with E-state index in [1.165, 1.54) is 18.5 Å². The minimum Gasteiger partial charge on any atom is -0.478 e. The molecule has 3 aliphatic rings. The normalized spacial score (nSPS) is 27.4. The van der Waals surface area contributed by atoms with E-state index in [1.54, 1.807) is 12.1 Å². The van der Waals surface area contributed by atoms with Crippen LogP contribution in [0.25, 0.3) is 0 Å². The highest BCUT2D eigenvalue weighted by molar-refractivity contribution is 5.88. The molecule has 2 aliphatic heterocycles. The first-order valence-corrected chi connectivity index (χ1v) is 5.80. The van der Waals surface area contributed by atoms with Gasteiger partial charge in [-0.25, -0.2) is 4.79 Å². The van der Waals surface area contributed by atoms with Gasteiger partial charge in [0.15, 0.2) is 0 Å². The van der Waals surface area contributed by atoms with Gasteiger partial charge in [-0.05, 0) is 48.9 Å². The largest absolute Gasteiger partial charge is 0.478 e. The summed E-state index contributed by atoms with van der Waals surface area (Å²) in [5, 5.41) is 8.82. The predicted molar refractivity (Wildman–Crippen MR) is 61.8 cm³/mol. The first kappa shape index (κ1) is 9.70. The number of nitrogens with zero attached hydrogens (tertiary/aromatic N) is 1. The Bertz CT molecular complexity index is 396. The predicted octanol–water partition coefficient (Wildman–Crippen LogP) is 2.23. The second-order valence-corrected chi connectivity index (χ2v) is 4.96. The van der Waals surface area contributed by atoms with Crippen molar-refractivity contribution in [3.63, 3.8) is 0 Å². The zero-order valence-corrected chi connectivity index (χ0v) is 9.10. The van der Waals surface area contributed by atoms with E-state index in [0.29, 0.717) is 5.56 Å². The molecule has 2 heterocycles. The van der Waals surface area contributed by atoms with Crippen LogP contribution in [0.5, 0.6) is 0 Å². The molecule has 0 spiro atoms. The molecule has 0 radical (unpaired) electrons. The first-order valence-electron chi connectivity index (χ1n) is 5.80. The molecule has 84 valence electrons. The average Bonchev–Trinajstić information content (AvgIpc) is 2.28. The molecular formula is C13H15NO2. The second-order valence-electron chi connectivity index (χ2n) is 4.96. The van der Waals surface area contributed by atoms with Gasteiger partial charge < -0.3 is 10.0 Å². The lowest BCUT2D eigenvalue weighted by Gasteiger charge is -2.48. The number of benzene rings is 1. The van der Waals surface area contributed by atoms with Crippen LogP contribution in [0.15, 0.2) is 24.3 Å². The highest BCUT2D eigenvalue weighted by Gasteiger charge is 2.36. The SMILES string of the molecule is O=C(O)c1ccc(N2CC3CC(C3)C2)cc1. The third-order valence-electron chi connectivity index (χ3n) is 3.77. The molecule has 2 saturated heterocycles. The van der Waals surface area contributed by atoms with Gasteiger partial charge >= 0.3 is 5.97 Å². The van der Waals surface area contributed by atoms with Crippen molar-refractivity contribution in [3.8, 4) is 0 Å². The third kappa shape index (κ3) is 1.56. The van der Waals surface area contributed by atoms with Crippen LogP contribution in [-0.2, 0) is 0 Å². The molecule has 16 heavy (non-hydrogen) atoms. The zero-order valence-electron chi connectivity index (χ0n) is 9.10. The van der Waals surface area contributed by atoms with Gasteiger partial charge in [0.25, 0.3) is 0 Å². The number of fused-ring (bicyclic) bond motifs is 2. The highest BCUT2D eigenvalue weighted by atomic mass is 16.4. The van der Waals surface area contributed by atoms with Gasteiger partial charge in [0.1, 0.15) is 0 Å². The molecule has 0 unspecified atom stereocenters. The monoisotopic (exact) mass is 217 g/mol. The zero-order chi connectivity index (χ0) is 11.1. The number of anilines is 1. The van der Waals surface area contributed by atoms with Crippen LogP contribution in [0.2, 0.25) is 0 Å². The lowest BCUT2D eigenvalue weighted by Crippen LogP contribution is -2.48. The van der Waals surface area contributed by atoms with Crippen molar-refractivity contribution >= 4 is 11.7 Å². The van der Waals surface area contributed by atoms with Gasteiger partial charge in [-0.15, -0.1) is 0 Å². The number of aromatic carboxylic acids is 1. The van der Waals surface area contributed by atoms with Crippen LogP contribution in [0, 0.1) is 11.8 Å². The number of carboxylic acid groups (broad SMARTS) is 1. The Kier molecular flexibility index (Phi) is 2.13. The molecule has 0 atom stereocenters. The number of carboxylic acids is 1. The van der Waals surface area contributed by atoms with E-state index in [-0.39, 0.29) is 0 Å². The van der Waals surface area contributed by atoms with E-state index >= 15 is 0 Å². The van der Waals surface area contributed by atoms with E-state index in [2.05, 4.69) is 4.90 Å². The Morgan fingerprint density at radius 3 is 2.19 bits per heavy atom. The van der Waals surface area contributed by atoms with Crippen LogP contribution >= 0.6 is 0 Å². The molecule has 2 bridgehead atoms. The molecular weight excluding hydrogens is 202 g/mol. The van der Waals surface area contributed by atoms with Crippen molar-refractivity contribution in [1.82, 2.24) is 0 Å².